The average molecular weight is 1280 g/mol. The van der Waals surface area contributed by atoms with Crippen molar-refractivity contribution in [2.75, 3.05) is 38.5 Å². The summed E-state index contributed by atoms with van der Waals surface area (Å²) in [6.07, 6.45) is -3.53. The van der Waals surface area contributed by atoms with E-state index in [4.69, 9.17) is 60.5 Å². The van der Waals surface area contributed by atoms with Crippen molar-refractivity contribution in [1.29, 1.82) is 0 Å². The second kappa shape index (κ2) is 47.3. The van der Waals surface area contributed by atoms with Crippen molar-refractivity contribution >= 4 is 48.2 Å². The Balaban J connectivity index is -0.00000101. The summed E-state index contributed by atoms with van der Waals surface area (Å²) in [6, 6.07) is 54.5. The quantitative estimate of drug-likeness (QED) is 0.0266. The Bertz CT molecular complexity index is 2730. The molecule has 0 spiro atoms. The zero-order chi connectivity index (χ0) is 63.5. The van der Waals surface area contributed by atoms with E-state index in [0.29, 0.717) is 29.6 Å². The summed E-state index contributed by atoms with van der Waals surface area (Å²) in [4.78, 5) is 60.7. The highest BCUT2D eigenvalue weighted by Crippen LogP contribution is 2.43. The first-order valence-corrected chi connectivity index (χ1v) is 34.0. The highest BCUT2D eigenvalue weighted by atomic mass is 31.2. The molecule has 0 aliphatic carbocycles. The van der Waals surface area contributed by atoms with Crippen LogP contribution in [0, 0.1) is 0 Å². The van der Waals surface area contributed by atoms with E-state index in [-0.39, 0.29) is 53.0 Å². The third-order valence-electron chi connectivity index (χ3n) is 8.41. The number of rotatable bonds is 19. The summed E-state index contributed by atoms with van der Waals surface area (Å²) >= 11 is 0. The maximum atomic E-state index is 12.3. The van der Waals surface area contributed by atoms with Gasteiger partial charge in [0.2, 0.25) is 0 Å². The van der Waals surface area contributed by atoms with E-state index in [0.717, 1.165) is 16.7 Å². The highest BCUT2D eigenvalue weighted by Gasteiger charge is 2.23. The average Bonchev–Trinajstić information content (AvgIpc) is 3.65. The first kappa shape index (κ1) is 83.4. The van der Waals surface area contributed by atoms with Gasteiger partial charge in [-0.2, -0.15) is 0 Å². The summed E-state index contributed by atoms with van der Waals surface area (Å²) in [5.74, 6) is 1.37. The molecule has 0 heterocycles. The predicted octanol–water partition coefficient (Wildman–Crippen LogP) is 12.3. The van der Waals surface area contributed by atoms with Gasteiger partial charge in [-0.3, -0.25) is 13.7 Å². The zero-order valence-electron chi connectivity index (χ0n) is 48.7. The maximum Gasteiger partial charge on any atom is 0.408 e. The van der Waals surface area contributed by atoms with E-state index in [9.17, 15) is 37.5 Å². The molecule has 6 aromatic rings. The fraction of sp³-hybridized carbons (Fsp3) is 0.339. The van der Waals surface area contributed by atoms with Crippen molar-refractivity contribution in [1.82, 2.24) is 16.0 Å². The molecule has 0 saturated heterocycles. The third kappa shape index (κ3) is 52.7. The third-order valence-corrected chi connectivity index (χ3v) is 12.6. The van der Waals surface area contributed by atoms with Crippen molar-refractivity contribution in [2.24, 2.45) is 22.9 Å². The normalized spacial score (nSPS) is 12.0. The minimum Gasteiger partial charge on any atom is -0.445 e. The Morgan fingerprint density at radius 2 is 0.640 bits per heavy atom. The lowest BCUT2D eigenvalue weighted by molar-refractivity contribution is 0.140. The standard InChI is InChI=1S/C16H18NO4P.C15H16NO5P.C9H12NO5P.C8H12NO2P.3C3H9N.2CH4/c1-22(19,21-15-10-6-3-7-11-15)13-17-16(18)20-12-14-8-4-2-5-9-14;17-15(20-11-13-7-3-1-4-8-13)16-12-22(18,19)21-14-9-5-2-6-10-14;11-9(10-7-16(12,13)14)15-6-8-4-2-1-3-5-8;1-12(10,7-9)11-8-5-3-2-4-6-8;3*1-3(2)4;;/h2-11H,12-13H2,1H3,(H,17,18);1-10H,11-12H2,(H,16,17)(H,18,19);1-5H,6-7H2,(H,10,11)(H2,12,13,14);2-6H,7,9H2,1H3;3*3H,4H2,1-2H3;2*1H4. The lowest BCUT2D eigenvalue weighted by Crippen LogP contribution is -2.26. The summed E-state index contributed by atoms with van der Waals surface area (Å²) in [5.41, 5.74) is 23.1. The van der Waals surface area contributed by atoms with Crippen LogP contribution in [0.25, 0.3) is 0 Å². The van der Waals surface area contributed by atoms with Crippen molar-refractivity contribution in [3.8, 4) is 17.2 Å². The monoisotopic (exact) mass is 1280 g/mol. The van der Waals surface area contributed by atoms with E-state index in [2.05, 4.69) is 10.6 Å². The fourth-order valence-electron chi connectivity index (χ4n) is 5.02. The Kier molecular flexibility index (Phi) is 45.9. The molecular formula is C59H93N7O16P4. The van der Waals surface area contributed by atoms with E-state index in [1.807, 2.05) is 138 Å². The molecule has 3 amide bonds. The minimum absolute atomic E-state index is 0. The molecule has 6 aromatic carbocycles. The highest BCUT2D eigenvalue weighted by molar-refractivity contribution is 7.58. The van der Waals surface area contributed by atoms with Crippen LogP contribution in [0.4, 0.5) is 14.4 Å². The van der Waals surface area contributed by atoms with Gasteiger partial charge in [-0.05, 0) is 71.2 Å². The van der Waals surface area contributed by atoms with Gasteiger partial charge in [-0.1, -0.05) is 202 Å². The Labute approximate surface area is 508 Å². The Morgan fingerprint density at radius 1 is 0.407 bits per heavy atom. The van der Waals surface area contributed by atoms with E-state index >= 15 is 0 Å². The number of carbonyl (C=O) groups excluding carboxylic acids is 3. The molecule has 3 unspecified atom stereocenters. The molecule has 0 aromatic heterocycles. The van der Waals surface area contributed by atoms with Crippen molar-refractivity contribution in [2.45, 2.75) is 94.3 Å². The van der Waals surface area contributed by atoms with Gasteiger partial charge in [0.15, 0.2) is 0 Å². The molecule has 480 valence electrons. The van der Waals surface area contributed by atoms with E-state index < -0.39 is 60.8 Å². The molecule has 0 saturated carbocycles. The number of nitrogens with one attached hydrogen (secondary N) is 3. The topological polar surface area (TPSA) is 376 Å². The number of benzene rings is 6. The van der Waals surface area contributed by atoms with Crippen LogP contribution in [0.2, 0.25) is 0 Å². The molecule has 6 rings (SSSR count). The van der Waals surface area contributed by atoms with Crippen molar-refractivity contribution in [3.05, 3.63) is 199 Å². The van der Waals surface area contributed by atoms with Crippen LogP contribution < -0.4 is 52.5 Å². The number of alkyl carbamates (subject to hydrolysis) is 3. The molecule has 0 fully saturated rings. The Hall–Kier alpha value is -6.83. The van der Waals surface area contributed by atoms with Crippen LogP contribution in [-0.2, 0) is 52.3 Å². The first-order valence-electron chi connectivity index (χ1n) is 25.9. The molecule has 23 nitrogen and oxygen atoms in total. The second-order valence-electron chi connectivity index (χ2n) is 18.6. The number of nitrogens with two attached hydrogens (primary N) is 4. The smallest absolute Gasteiger partial charge is 0.408 e. The summed E-state index contributed by atoms with van der Waals surface area (Å²) in [6.45, 7) is 15.0. The van der Waals surface area contributed by atoms with E-state index in [1.165, 1.54) is 13.3 Å². The molecule has 14 N–H and O–H groups in total. The van der Waals surface area contributed by atoms with Gasteiger partial charge in [0.25, 0.3) is 14.7 Å². The molecule has 86 heavy (non-hydrogen) atoms. The number of hydrogen-bond donors (Lipinski definition) is 10. The second-order valence-corrected chi connectivity index (χ2v) is 27.2. The fourth-order valence-corrected chi connectivity index (χ4v) is 7.89. The van der Waals surface area contributed by atoms with Crippen LogP contribution in [0.1, 0.15) is 73.1 Å². The predicted molar refractivity (Wildman–Crippen MR) is 345 cm³/mol. The number of carbonyl (C=O) groups is 3. The van der Waals surface area contributed by atoms with Gasteiger partial charge in [0.1, 0.15) is 55.9 Å². The van der Waals surface area contributed by atoms with Gasteiger partial charge in [0.05, 0.1) is 6.29 Å². The molecule has 0 radical (unpaired) electrons. The van der Waals surface area contributed by atoms with Crippen LogP contribution >= 0.6 is 29.9 Å². The summed E-state index contributed by atoms with van der Waals surface area (Å²) < 4.78 is 76.2. The molecule has 0 aliphatic rings. The molecule has 27 heteroatoms. The zero-order valence-corrected chi connectivity index (χ0v) is 52.3. The van der Waals surface area contributed by atoms with Gasteiger partial charge in [-0.25, -0.2) is 18.9 Å². The van der Waals surface area contributed by atoms with Gasteiger partial charge < -0.3 is 81.3 Å². The number of para-hydroxylation sites is 3. The van der Waals surface area contributed by atoms with Gasteiger partial charge in [-0.15, -0.1) is 0 Å². The van der Waals surface area contributed by atoms with Crippen LogP contribution in [0.15, 0.2) is 182 Å². The minimum atomic E-state index is -4.23. The van der Waals surface area contributed by atoms with Crippen molar-refractivity contribution < 1.29 is 75.1 Å². The van der Waals surface area contributed by atoms with Crippen LogP contribution in [-0.4, -0.2) is 89.6 Å². The largest absolute Gasteiger partial charge is 0.445 e. The molecule has 0 aliphatic heterocycles. The van der Waals surface area contributed by atoms with Crippen LogP contribution in [0.5, 0.6) is 17.2 Å². The van der Waals surface area contributed by atoms with E-state index in [1.54, 1.807) is 91.0 Å². The van der Waals surface area contributed by atoms with Gasteiger partial charge in [0, 0.05) is 13.3 Å². The number of ether oxygens (including phenoxy) is 3. The number of amides is 3. The lowest BCUT2D eigenvalue weighted by atomic mass is 10.2. The van der Waals surface area contributed by atoms with Gasteiger partial charge >= 0.3 is 33.5 Å². The molecule has 0 bridgehead atoms. The SMILES string of the molecule is C.C.CC(C)N.CC(C)N.CC(C)N.CP(=O)(CN)Oc1ccccc1.CP(=O)(CNC(=O)OCc1ccccc1)Oc1ccccc1.O=C(NCP(=O)(O)O)OCc1ccccc1.O=C(NCP(=O)(O)Oc1ccccc1)OCc1ccccc1. The lowest BCUT2D eigenvalue weighted by Gasteiger charge is -2.15. The van der Waals surface area contributed by atoms with Crippen LogP contribution in [0.3, 0.4) is 0 Å². The summed E-state index contributed by atoms with van der Waals surface area (Å²) in [5, 5.41) is 6.65. The molecular weight excluding hydrogens is 1190 g/mol. The number of hydrogen-bond acceptors (Lipinski definition) is 17. The maximum absolute atomic E-state index is 12.3. The summed E-state index contributed by atoms with van der Waals surface area (Å²) in [7, 11) is -13.8. The van der Waals surface area contributed by atoms with Crippen molar-refractivity contribution in [3.63, 3.8) is 0 Å². The Morgan fingerprint density at radius 3 is 0.907 bits per heavy atom. The first-order chi connectivity index (χ1) is 39.4. The molecule has 3 atom stereocenters.